The first-order chi connectivity index (χ1) is 11.5. The molecule has 1 fully saturated rings. The molecule has 0 atom stereocenters. The summed E-state index contributed by atoms with van der Waals surface area (Å²) in [7, 11) is 0. The molecule has 3 rings (SSSR count). The first kappa shape index (κ1) is 15.7. The van der Waals surface area contributed by atoms with E-state index in [2.05, 4.69) is 0 Å². The molecule has 122 valence electrons. The Morgan fingerprint density at radius 2 is 1.71 bits per heavy atom. The van der Waals surface area contributed by atoms with Gasteiger partial charge in [-0.1, -0.05) is 24.3 Å². The van der Waals surface area contributed by atoms with Crippen molar-refractivity contribution in [2.45, 2.75) is 19.8 Å². The van der Waals surface area contributed by atoms with Crippen LogP contribution in [0.3, 0.4) is 0 Å². The summed E-state index contributed by atoms with van der Waals surface area (Å²) in [5.74, 6) is -1.77. The lowest BCUT2D eigenvalue weighted by Gasteiger charge is -2.13. The van der Waals surface area contributed by atoms with Gasteiger partial charge >= 0.3 is 5.97 Å². The summed E-state index contributed by atoms with van der Waals surface area (Å²) in [4.78, 5) is 40.0. The Labute approximate surface area is 138 Å². The second-order valence-electron chi connectivity index (χ2n) is 5.62. The number of carbonyl (C=O) groups is 3. The highest BCUT2D eigenvalue weighted by molar-refractivity contribution is 6.03. The van der Waals surface area contributed by atoms with E-state index in [-0.39, 0.29) is 18.4 Å². The highest BCUT2D eigenvalue weighted by atomic mass is 16.7. The van der Waals surface area contributed by atoms with E-state index in [1.807, 2.05) is 36.4 Å². The number of anilines is 1. The standard InChI is InChI=1S/C18H16N2O4/c1-11(18(23)24-20-16(21)6-7-17(20)22)8-14-9-12-4-2-3-5-13(12)10-15(14)19/h2-5,8-10H,6-7,19H2,1H3. The molecule has 6 nitrogen and oxygen atoms in total. The quantitative estimate of drug-likeness (QED) is 0.532. The van der Waals surface area contributed by atoms with Gasteiger partial charge < -0.3 is 10.6 Å². The minimum Gasteiger partial charge on any atom is -0.398 e. The molecule has 0 radical (unpaired) electrons. The second-order valence-corrected chi connectivity index (χ2v) is 5.62. The third-order valence-corrected chi connectivity index (χ3v) is 3.83. The maximum atomic E-state index is 12.1. The number of fused-ring (bicyclic) bond motifs is 1. The highest BCUT2D eigenvalue weighted by Crippen LogP contribution is 2.24. The first-order valence-corrected chi connectivity index (χ1v) is 7.50. The maximum Gasteiger partial charge on any atom is 0.359 e. The van der Waals surface area contributed by atoms with Gasteiger partial charge in [-0.25, -0.2) is 4.79 Å². The van der Waals surface area contributed by atoms with Crippen molar-refractivity contribution in [2.75, 3.05) is 5.73 Å². The molecule has 2 aromatic rings. The van der Waals surface area contributed by atoms with Crippen LogP contribution in [0.4, 0.5) is 5.69 Å². The topological polar surface area (TPSA) is 89.7 Å². The fourth-order valence-electron chi connectivity index (χ4n) is 2.51. The van der Waals surface area contributed by atoms with Gasteiger partial charge in [-0.2, -0.15) is 0 Å². The molecule has 0 aliphatic carbocycles. The molecule has 6 heteroatoms. The molecule has 0 bridgehead atoms. The van der Waals surface area contributed by atoms with Gasteiger partial charge in [0.15, 0.2) is 0 Å². The molecule has 2 N–H and O–H groups in total. The Hall–Kier alpha value is -3.15. The van der Waals surface area contributed by atoms with Gasteiger partial charge in [0.25, 0.3) is 11.8 Å². The lowest BCUT2D eigenvalue weighted by Crippen LogP contribution is -2.32. The van der Waals surface area contributed by atoms with Crippen molar-refractivity contribution in [1.29, 1.82) is 0 Å². The summed E-state index contributed by atoms with van der Waals surface area (Å²) in [5.41, 5.74) is 7.46. The van der Waals surface area contributed by atoms with Crippen LogP contribution in [-0.2, 0) is 19.2 Å². The second kappa shape index (κ2) is 6.16. The van der Waals surface area contributed by atoms with Crippen LogP contribution < -0.4 is 5.73 Å². The average Bonchev–Trinajstić information content (AvgIpc) is 2.87. The Kier molecular flexibility index (Phi) is 4.04. The van der Waals surface area contributed by atoms with E-state index in [0.29, 0.717) is 16.3 Å². The molecule has 0 aromatic heterocycles. The normalized spacial score (nSPS) is 15.2. The van der Waals surface area contributed by atoms with Crippen LogP contribution in [0.25, 0.3) is 16.8 Å². The summed E-state index contributed by atoms with van der Waals surface area (Å²) in [6.07, 6.45) is 1.70. The van der Waals surface area contributed by atoms with Gasteiger partial charge in [-0.15, -0.1) is 5.06 Å². The van der Waals surface area contributed by atoms with Gasteiger partial charge in [-0.3, -0.25) is 9.59 Å². The number of nitrogen functional groups attached to an aromatic ring is 1. The van der Waals surface area contributed by atoms with Gasteiger partial charge in [-0.05, 0) is 41.5 Å². The summed E-state index contributed by atoms with van der Waals surface area (Å²) in [5, 5.41) is 2.52. The molecule has 0 unspecified atom stereocenters. The van der Waals surface area contributed by atoms with Crippen molar-refractivity contribution in [3.8, 4) is 0 Å². The van der Waals surface area contributed by atoms with Crippen LogP contribution in [0.2, 0.25) is 0 Å². The molecule has 1 aliphatic rings. The molecule has 24 heavy (non-hydrogen) atoms. The smallest absolute Gasteiger partial charge is 0.359 e. The fraction of sp³-hybridized carbons (Fsp3) is 0.167. The Morgan fingerprint density at radius 3 is 2.33 bits per heavy atom. The molecule has 1 aliphatic heterocycles. The van der Waals surface area contributed by atoms with Crippen LogP contribution in [0.1, 0.15) is 25.3 Å². The number of carbonyl (C=O) groups excluding carboxylic acids is 3. The zero-order valence-electron chi connectivity index (χ0n) is 13.1. The molecule has 2 aromatic carbocycles. The minimum atomic E-state index is -0.758. The molecule has 1 saturated heterocycles. The number of nitrogens with two attached hydrogens (primary N) is 1. The van der Waals surface area contributed by atoms with Crippen molar-refractivity contribution in [2.24, 2.45) is 0 Å². The molecule has 2 amide bonds. The first-order valence-electron chi connectivity index (χ1n) is 7.50. The summed E-state index contributed by atoms with van der Waals surface area (Å²) in [6, 6.07) is 11.4. The van der Waals surface area contributed by atoms with Crippen LogP contribution in [0.15, 0.2) is 42.0 Å². The number of benzene rings is 2. The van der Waals surface area contributed by atoms with E-state index in [0.717, 1.165) is 10.8 Å². The van der Waals surface area contributed by atoms with Gasteiger partial charge in [0, 0.05) is 24.1 Å². The third kappa shape index (κ3) is 2.99. The number of rotatable bonds is 3. The van der Waals surface area contributed by atoms with Crippen molar-refractivity contribution < 1.29 is 19.2 Å². The summed E-state index contributed by atoms with van der Waals surface area (Å²) < 4.78 is 0. The Balaban J connectivity index is 1.85. The van der Waals surface area contributed by atoms with Crippen LogP contribution in [-0.4, -0.2) is 22.8 Å². The Morgan fingerprint density at radius 1 is 1.12 bits per heavy atom. The van der Waals surface area contributed by atoms with Crippen LogP contribution >= 0.6 is 0 Å². The zero-order valence-corrected chi connectivity index (χ0v) is 13.1. The molecular weight excluding hydrogens is 308 g/mol. The number of hydrogen-bond donors (Lipinski definition) is 1. The lowest BCUT2D eigenvalue weighted by molar-refractivity contribution is -0.194. The molecular formula is C18H16N2O4. The SMILES string of the molecule is CC(=Cc1cc2ccccc2cc1N)C(=O)ON1C(=O)CCC1=O. The van der Waals surface area contributed by atoms with Crippen LogP contribution in [0.5, 0.6) is 0 Å². The largest absolute Gasteiger partial charge is 0.398 e. The predicted molar refractivity (Wildman–Crippen MR) is 89.2 cm³/mol. The number of imide groups is 1. The predicted octanol–water partition coefficient (Wildman–Crippen LogP) is 2.43. The third-order valence-electron chi connectivity index (χ3n) is 3.83. The highest BCUT2D eigenvalue weighted by Gasteiger charge is 2.33. The average molecular weight is 324 g/mol. The van der Waals surface area contributed by atoms with Crippen molar-refractivity contribution in [1.82, 2.24) is 5.06 Å². The number of nitrogens with zero attached hydrogens (tertiary/aromatic N) is 1. The van der Waals surface area contributed by atoms with Gasteiger partial charge in [0.1, 0.15) is 0 Å². The van der Waals surface area contributed by atoms with E-state index < -0.39 is 17.8 Å². The van der Waals surface area contributed by atoms with Crippen molar-refractivity contribution in [3.05, 3.63) is 47.5 Å². The Bertz CT molecular complexity index is 870. The fourth-order valence-corrected chi connectivity index (χ4v) is 2.51. The van der Waals surface area contributed by atoms with Crippen molar-refractivity contribution >= 4 is 40.3 Å². The van der Waals surface area contributed by atoms with E-state index >= 15 is 0 Å². The number of hydrogen-bond acceptors (Lipinski definition) is 5. The van der Waals surface area contributed by atoms with E-state index in [9.17, 15) is 14.4 Å². The van der Waals surface area contributed by atoms with E-state index in [1.54, 1.807) is 13.0 Å². The van der Waals surface area contributed by atoms with Crippen LogP contribution in [0, 0.1) is 0 Å². The maximum absolute atomic E-state index is 12.1. The molecule has 1 heterocycles. The summed E-state index contributed by atoms with van der Waals surface area (Å²) >= 11 is 0. The monoisotopic (exact) mass is 324 g/mol. The number of hydroxylamine groups is 2. The minimum absolute atomic E-state index is 0.0620. The summed E-state index contributed by atoms with van der Waals surface area (Å²) in [6.45, 7) is 1.54. The van der Waals surface area contributed by atoms with E-state index in [4.69, 9.17) is 10.6 Å². The van der Waals surface area contributed by atoms with Gasteiger partial charge in [0.05, 0.1) is 0 Å². The van der Waals surface area contributed by atoms with Gasteiger partial charge in [0.2, 0.25) is 0 Å². The molecule has 0 spiro atoms. The van der Waals surface area contributed by atoms with E-state index in [1.165, 1.54) is 0 Å². The molecule has 0 saturated carbocycles. The lowest BCUT2D eigenvalue weighted by atomic mass is 10.0. The zero-order chi connectivity index (χ0) is 17.3. The number of amides is 2. The van der Waals surface area contributed by atoms with Crippen molar-refractivity contribution in [3.63, 3.8) is 0 Å².